The van der Waals surface area contributed by atoms with E-state index in [1.165, 1.54) is 0 Å². The van der Waals surface area contributed by atoms with Crippen LogP contribution in [0.3, 0.4) is 0 Å². The van der Waals surface area contributed by atoms with Gasteiger partial charge < -0.3 is 19.3 Å². The highest BCUT2D eigenvalue weighted by molar-refractivity contribution is 4.40. The molecule has 4 heteroatoms. The summed E-state index contributed by atoms with van der Waals surface area (Å²) in [6.45, 7) is 6.17. The number of aliphatic hydroxyl groups is 1. The Morgan fingerprint density at radius 2 is 1.58 bits per heavy atom. The molecule has 73 valence electrons. The maximum Gasteiger partial charge on any atom is 0.105 e. The summed E-state index contributed by atoms with van der Waals surface area (Å²) in [5.41, 5.74) is 0. The Morgan fingerprint density at radius 3 is 2.17 bits per heavy atom. The van der Waals surface area contributed by atoms with Gasteiger partial charge in [0.2, 0.25) is 0 Å². The van der Waals surface area contributed by atoms with E-state index in [1.807, 2.05) is 6.92 Å². The Bertz CT molecular complexity index is 67.5. The topological polar surface area (TPSA) is 47.9 Å². The van der Waals surface area contributed by atoms with Gasteiger partial charge >= 0.3 is 0 Å². The smallest absolute Gasteiger partial charge is 0.105 e. The molecule has 0 unspecified atom stereocenters. The van der Waals surface area contributed by atoms with E-state index in [2.05, 4.69) is 0 Å². The standard InChI is InChI=1S/C8H17O4/c1-2-10-5-6-12-8-7-11-4-3-9/h3,9H,2,4-8H2,1H3. The molecule has 4 nitrogen and oxygen atoms in total. The fraction of sp³-hybridized carbons (Fsp3) is 0.875. The van der Waals surface area contributed by atoms with Crippen molar-refractivity contribution in [2.24, 2.45) is 0 Å². The van der Waals surface area contributed by atoms with Crippen LogP contribution in [0.25, 0.3) is 0 Å². The van der Waals surface area contributed by atoms with E-state index >= 15 is 0 Å². The van der Waals surface area contributed by atoms with Gasteiger partial charge in [-0.2, -0.15) is 0 Å². The second-order valence-corrected chi connectivity index (χ2v) is 2.07. The zero-order valence-electron chi connectivity index (χ0n) is 7.49. The van der Waals surface area contributed by atoms with Gasteiger partial charge in [0.05, 0.1) is 33.0 Å². The van der Waals surface area contributed by atoms with Gasteiger partial charge in [0, 0.05) is 6.61 Å². The number of hydrogen-bond donors (Lipinski definition) is 1. The first kappa shape index (κ1) is 11.8. The minimum Gasteiger partial charge on any atom is -0.388 e. The molecule has 0 aliphatic rings. The molecule has 0 heterocycles. The minimum atomic E-state index is 0.259. The summed E-state index contributed by atoms with van der Waals surface area (Å²) in [4.78, 5) is 0. The van der Waals surface area contributed by atoms with E-state index in [4.69, 9.17) is 19.3 Å². The molecule has 0 aromatic carbocycles. The summed E-state index contributed by atoms with van der Waals surface area (Å²) in [7, 11) is 0. The molecule has 0 bridgehead atoms. The Hall–Kier alpha value is -0.160. The largest absolute Gasteiger partial charge is 0.388 e. The lowest BCUT2D eigenvalue weighted by molar-refractivity contribution is 0.0163. The van der Waals surface area contributed by atoms with Crippen molar-refractivity contribution >= 4 is 0 Å². The molecule has 0 aliphatic heterocycles. The monoisotopic (exact) mass is 177 g/mol. The number of rotatable bonds is 9. The van der Waals surface area contributed by atoms with Crippen LogP contribution in [0.4, 0.5) is 0 Å². The third kappa shape index (κ3) is 9.84. The molecule has 0 atom stereocenters. The SMILES string of the molecule is CCOCCOCCOC[CH]O. The van der Waals surface area contributed by atoms with Crippen molar-refractivity contribution in [2.75, 3.05) is 39.6 Å². The van der Waals surface area contributed by atoms with Crippen molar-refractivity contribution < 1.29 is 19.3 Å². The summed E-state index contributed by atoms with van der Waals surface area (Å²) in [6, 6.07) is 0. The Labute approximate surface area is 73.4 Å². The highest BCUT2D eigenvalue weighted by atomic mass is 16.5. The van der Waals surface area contributed by atoms with Gasteiger partial charge in [-0.3, -0.25) is 0 Å². The summed E-state index contributed by atoms with van der Waals surface area (Å²) in [5, 5.41) is 8.23. The van der Waals surface area contributed by atoms with Gasteiger partial charge in [-0.1, -0.05) is 0 Å². The van der Waals surface area contributed by atoms with Gasteiger partial charge in [0.25, 0.3) is 0 Å². The van der Waals surface area contributed by atoms with E-state index in [-0.39, 0.29) is 6.61 Å². The third-order valence-corrected chi connectivity index (χ3v) is 1.14. The number of ether oxygens (including phenoxy) is 3. The van der Waals surface area contributed by atoms with Gasteiger partial charge in [-0.25, -0.2) is 0 Å². The lowest BCUT2D eigenvalue weighted by Gasteiger charge is -2.04. The van der Waals surface area contributed by atoms with E-state index in [1.54, 1.807) is 0 Å². The Kier molecular flexibility index (Phi) is 10.7. The van der Waals surface area contributed by atoms with E-state index in [9.17, 15) is 0 Å². The van der Waals surface area contributed by atoms with Crippen LogP contribution in [-0.4, -0.2) is 44.7 Å². The molecule has 0 saturated carbocycles. The first-order valence-corrected chi connectivity index (χ1v) is 4.11. The van der Waals surface area contributed by atoms with E-state index in [0.717, 1.165) is 13.2 Å². The summed E-state index contributed by atoms with van der Waals surface area (Å²) in [6.07, 6.45) is 0. The Morgan fingerprint density at radius 1 is 1.00 bits per heavy atom. The van der Waals surface area contributed by atoms with Gasteiger partial charge in [-0.05, 0) is 6.92 Å². The summed E-state index contributed by atoms with van der Waals surface area (Å²) >= 11 is 0. The first-order valence-electron chi connectivity index (χ1n) is 4.11. The van der Waals surface area contributed by atoms with Crippen LogP contribution >= 0.6 is 0 Å². The molecule has 0 amide bonds. The average molecular weight is 177 g/mol. The molecule has 12 heavy (non-hydrogen) atoms. The fourth-order valence-corrected chi connectivity index (χ4v) is 0.618. The van der Waals surface area contributed by atoms with Crippen LogP contribution in [0.15, 0.2) is 0 Å². The minimum absolute atomic E-state index is 0.259. The van der Waals surface area contributed by atoms with Crippen LogP contribution in [0.1, 0.15) is 6.92 Å². The molecule has 0 aromatic heterocycles. The molecule has 0 saturated heterocycles. The molecule has 0 fully saturated rings. The average Bonchev–Trinajstić information content (AvgIpc) is 2.10. The first-order chi connectivity index (χ1) is 5.91. The summed E-state index contributed by atoms with van der Waals surface area (Å²) in [5.74, 6) is 0. The lowest BCUT2D eigenvalue weighted by Crippen LogP contribution is -2.09. The molecular formula is C8H17O4. The van der Waals surface area contributed by atoms with Crippen molar-refractivity contribution in [1.29, 1.82) is 0 Å². The van der Waals surface area contributed by atoms with Crippen LogP contribution in [0.2, 0.25) is 0 Å². The second kappa shape index (κ2) is 10.8. The molecule has 0 aromatic rings. The van der Waals surface area contributed by atoms with Gasteiger partial charge in [0.15, 0.2) is 0 Å². The van der Waals surface area contributed by atoms with Crippen LogP contribution in [0, 0.1) is 6.61 Å². The second-order valence-electron chi connectivity index (χ2n) is 2.07. The van der Waals surface area contributed by atoms with Crippen LogP contribution < -0.4 is 0 Å². The molecule has 1 radical (unpaired) electrons. The third-order valence-electron chi connectivity index (χ3n) is 1.14. The van der Waals surface area contributed by atoms with Crippen molar-refractivity contribution in [1.82, 2.24) is 0 Å². The van der Waals surface area contributed by atoms with Crippen molar-refractivity contribution in [2.45, 2.75) is 6.92 Å². The number of aliphatic hydroxyl groups excluding tert-OH is 1. The fourth-order valence-electron chi connectivity index (χ4n) is 0.618. The molecule has 0 spiro atoms. The highest BCUT2D eigenvalue weighted by Gasteiger charge is 1.89. The molecular weight excluding hydrogens is 160 g/mol. The maximum atomic E-state index is 8.23. The van der Waals surface area contributed by atoms with Crippen LogP contribution in [-0.2, 0) is 14.2 Å². The van der Waals surface area contributed by atoms with Gasteiger partial charge in [-0.15, -0.1) is 0 Å². The van der Waals surface area contributed by atoms with Crippen LogP contribution in [0.5, 0.6) is 0 Å². The zero-order valence-corrected chi connectivity index (χ0v) is 7.49. The van der Waals surface area contributed by atoms with Gasteiger partial charge in [0.1, 0.15) is 6.61 Å². The van der Waals surface area contributed by atoms with Crippen molar-refractivity contribution in [3.63, 3.8) is 0 Å². The molecule has 1 N–H and O–H groups in total. The highest BCUT2D eigenvalue weighted by Crippen LogP contribution is 1.81. The predicted octanol–water partition coefficient (Wildman–Crippen LogP) is 0.590. The quantitative estimate of drug-likeness (QED) is 0.524. The zero-order chi connectivity index (χ0) is 9.07. The van der Waals surface area contributed by atoms with E-state index < -0.39 is 0 Å². The van der Waals surface area contributed by atoms with E-state index in [0.29, 0.717) is 26.4 Å². The summed E-state index contributed by atoms with van der Waals surface area (Å²) < 4.78 is 15.1. The predicted molar refractivity (Wildman–Crippen MR) is 44.4 cm³/mol. The molecule has 0 aliphatic carbocycles. The lowest BCUT2D eigenvalue weighted by atomic mass is 10.7. The Balaban J connectivity index is 2.73. The molecule has 0 rings (SSSR count). The number of hydrogen-bond acceptors (Lipinski definition) is 4. The van der Waals surface area contributed by atoms with Crippen molar-refractivity contribution in [3.05, 3.63) is 6.61 Å². The van der Waals surface area contributed by atoms with Crippen molar-refractivity contribution in [3.8, 4) is 0 Å². The maximum absolute atomic E-state index is 8.23. The normalized spacial score (nSPS) is 10.5.